The first kappa shape index (κ1) is 16.8. The summed E-state index contributed by atoms with van der Waals surface area (Å²) in [5, 5.41) is 0. The molecule has 0 unspecified atom stereocenters. The normalized spacial score (nSPS) is 11.9. The fraction of sp³-hybridized carbons (Fsp3) is 0.571. The molecule has 114 valence electrons. The molecule has 3 nitrogen and oxygen atoms in total. The first-order valence-electron chi connectivity index (χ1n) is 6.54. The molecule has 0 aliphatic rings. The largest absolute Gasteiger partial charge is 0.496 e. The Kier molecular flexibility index (Phi) is 6.29. The summed E-state index contributed by atoms with van der Waals surface area (Å²) in [4.78, 5) is 1.39. The van der Waals surface area contributed by atoms with E-state index >= 15 is 0 Å². The second-order valence-corrected chi connectivity index (χ2v) is 4.68. The summed E-state index contributed by atoms with van der Waals surface area (Å²) in [6.45, 7) is 1.92. The van der Waals surface area contributed by atoms with Crippen LogP contribution in [-0.2, 0) is 13.1 Å². The lowest BCUT2D eigenvalue weighted by atomic mass is 10.1. The molecule has 0 saturated heterocycles. The minimum absolute atomic E-state index is 0.254. The zero-order chi connectivity index (χ0) is 15.2. The second kappa shape index (κ2) is 7.50. The van der Waals surface area contributed by atoms with Gasteiger partial charge < -0.3 is 10.5 Å². The third kappa shape index (κ3) is 5.38. The zero-order valence-electron chi connectivity index (χ0n) is 11.8. The van der Waals surface area contributed by atoms with Crippen molar-refractivity contribution in [3.05, 3.63) is 29.3 Å². The molecule has 0 atom stereocenters. The fourth-order valence-corrected chi connectivity index (χ4v) is 2.13. The molecule has 1 aromatic carbocycles. The van der Waals surface area contributed by atoms with Crippen LogP contribution in [0.5, 0.6) is 5.75 Å². The van der Waals surface area contributed by atoms with E-state index in [2.05, 4.69) is 0 Å². The third-order valence-corrected chi connectivity index (χ3v) is 2.91. The van der Waals surface area contributed by atoms with Crippen molar-refractivity contribution in [2.75, 3.05) is 20.2 Å². The van der Waals surface area contributed by atoms with Crippen molar-refractivity contribution in [2.24, 2.45) is 5.73 Å². The van der Waals surface area contributed by atoms with E-state index in [4.69, 9.17) is 10.5 Å². The van der Waals surface area contributed by atoms with Crippen molar-refractivity contribution in [3.8, 4) is 5.75 Å². The fourth-order valence-electron chi connectivity index (χ4n) is 2.13. The molecular weight excluding hydrogens is 269 g/mol. The summed E-state index contributed by atoms with van der Waals surface area (Å²) in [5.74, 6) is 0.661. The minimum Gasteiger partial charge on any atom is -0.496 e. The number of halogens is 3. The Hall–Kier alpha value is -1.27. The van der Waals surface area contributed by atoms with E-state index in [-0.39, 0.29) is 6.54 Å². The van der Waals surface area contributed by atoms with Crippen LogP contribution >= 0.6 is 0 Å². The number of nitrogens with zero attached hydrogens (tertiary/aromatic N) is 1. The van der Waals surface area contributed by atoms with E-state index in [0.29, 0.717) is 25.3 Å². The minimum atomic E-state index is -4.18. The molecule has 0 saturated carbocycles. The first-order valence-corrected chi connectivity index (χ1v) is 6.54. The quantitative estimate of drug-likeness (QED) is 0.839. The molecule has 1 aromatic rings. The van der Waals surface area contributed by atoms with Crippen LogP contribution in [0, 0.1) is 0 Å². The maximum Gasteiger partial charge on any atom is 0.401 e. The molecule has 0 spiro atoms. The van der Waals surface area contributed by atoms with Gasteiger partial charge >= 0.3 is 6.18 Å². The molecule has 0 heterocycles. The molecule has 0 aliphatic carbocycles. The Bertz CT molecular complexity index is 421. The predicted molar refractivity (Wildman–Crippen MR) is 72.5 cm³/mol. The molecule has 0 amide bonds. The van der Waals surface area contributed by atoms with Crippen molar-refractivity contribution < 1.29 is 17.9 Å². The van der Waals surface area contributed by atoms with Crippen LogP contribution in [0.15, 0.2) is 18.2 Å². The number of nitrogens with two attached hydrogens (primary N) is 1. The highest BCUT2D eigenvalue weighted by Gasteiger charge is 2.30. The van der Waals surface area contributed by atoms with Gasteiger partial charge in [0.25, 0.3) is 0 Å². The highest BCUT2D eigenvalue weighted by Crippen LogP contribution is 2.22. The van der Waals surface area contributed by atoms with Gasteiger partial charge in [-0.3, -0.25) is 4.90 Å². The second-order valence-electron chi connectivity index (χ2n) is 4.68. The van der Waals surface area contributed by atoms with Gasteiger partial charge in [-0.1, -0.05) is 13.0 Å². The van der Waals surface area contributed by atoms with E-state index in [1.807, 2.05) is 6.92 Å². The molecule has 0 aliphatic heterocycles. The number of rotatable bonds is 7. The molecule has 2 N–H and O–H groups in total. The average molecular weight is 290 g/mol. The molecule has 0 aromatic heterocycles. The lowest BCUT2D eigenvalue weighted by molar-refractivity contribution is -0.147. The van der Waals surface area contributed by atoms with Gasteiger partial charge in [0.1, 0.15) is 5.75 Å². The summed E-state index contributed by atoms with van der Waals surface area (Å²) >= 11 is 0. The van der Waals surface area contributed by atoms with Crippen LogP contribution in [0.3, 0.4) is 0 Å². The molecular formula is C14H21F3N2O. The smallest absolute Gasteiger partial charge is 0.401 e. The summed E-state index contributed by atoms with van der Waals surface area (Å²) in [7, 11) is 1.54. The topological polar surface area (TPSA) is 38.5 Å². The maximum atomic E-state index is 12.5. The van der Waals surface area contributed by atoms with E-state index in [9.17, 15) is 13.2 Å². The summed E-state index contributed by atoms with van der Waals surface area (Å²) in [5.41, 5.74) is 7.22. The Balaban J connectivity index is 2.82. The molecule has 0 fully saturated rings. The van der Waals surface area contributed by atoms with Crippen LogP contribution in [0.2, 0.25) is 0 Å². The number of benzene rings is 1. The number of ether oxygens (including phenoxy) is 1. The summed E-state index contributed by atoms with van der Waals surface area (Å²) in [6, 6.07) is 5.32. The van der Waals surface area contributed by atoms with E-state index in [1.54, 1.807) is 25.3 Å². The van der Waals surface area contributed by atoms with Gasteiger partial charge in [0.15, 0.2) is 0 Å². The predicted octanol–water partition coefficient (Wildman–Crippen LogP) is 2.93. The lowest BCUT2D eigenvalue weighted by Gasteiger charge is -2.23. The molecule has 1 rings (SSSR count). The van der Waals surface area contributed by atoms with Gasteiger partial charge in [-0.05, 0) is 30.7 Å². The Morgan fingerprint density at radius 2 is 2.00 bits per heavy atom. The van der Waals surface area contributed by atoms with Crippen molar-refractivity contribution in [1.29, 1.82) is 0 Å². The molecule has 0 radical (unpaired) electrons. The highest BCUT2D eigenvalue weighted by molar-refractivity contribution is 5.37. The van der Waals surface area contributed by atoms with Crippen LogP contribution in [0.4, 0.5) is 13.2 Å². The van der Waals surface area contributed by atoms with Gasteiger partial charge in [-0.2, -0.15) is 13.2 Å². The number of hydrogen-bond acceptors (Lipinski definition) is 3. The summed E-state index contributed by atoms with van der Waals surface area (Å²) in [6.07, 6.45) is -3.51. The van der Waals surface area contributed by atoms with Gasteiger partial charge in [-0.15, -0.1) is 0 Å². The monoisotopic (exact) mass is 290 g/mol. The summed E-state index contributed by atoms with van der Waals surface area (Å²) < 4.78 is 42.7. The van der Waals surface area contributed by atoms with Gasteiger partial charge in [0.2, 0.25) is 0 Å². The number of hydrogen-bond donors (Lipinski definition) is 1. The standard InChI is InChI=1S/C14H21F3N2O/c1-3-6-19(10-14(15,16)17)9-11-4-5-13(20-2)12(7-11)8-18/h4-5,7H,3,6,8-10,18H2,1-2H3. The molecule has 20 heavy (non-hydrogen) atoms. The van der Waals surface area contributed by atoms with Crippen molar-refractivity contribution in [1.82, 2.24) is 4.90 Å². The Labute approximate surface area is 117 Å². The highest BCUT2D eigenvalue weighted by atomic mass is 19.4. The van der Waals surface area contributed by atoms with Gasteiger partial charge in [0.05, 0.1) is 13.7 Å². The third-order valence-electron chi connectivity index (χ3n) is 2.91. The number of alkyl halides is 3. The van der Waals surface area contributed by atoms with Gasteiger partial charge in [-0.25, -0.2) is 0 Å². The van der Waals surface area contributed by atoms with Crippen LogP contribution in [0.1, 0.15) is 24.5 Å². The Morgan fingerprint density at radius 3 is 2.50 bits per heavy atom. The van der Waals surface area contributed by atoms with E-state index < -0.39 is 12.7 Å². The van der Waals surface area contributed by atoms with Crippen LogP contribution < -0.4 is 10.5 Å². The van der Waals surface area contributed by atoms with Crippen LogP contribution in [0.25, 0.3) is 0 Å². The number of methoxy groups -OCH3 is 1. The van der Waals surface area contributed by atoms with Crippen LogP contribution in [-0.4, -0.2) is 31.3 Å². The van der Waals surface area contributed by atoms with Crippen molar-refractivity contribution >= 4 is 0 Å². The average Bonchev–Trinajstić information content (AvgIpc) is 2.37. The van der Waals surface area contributed by atoms with Crippen molar-refractivity contribution in [2.45, 2.75) is 32.6 Å². The van der Waals surface area contributed by atoms with E-state index in [1.165, 1.54) is 4.90 Å². The molecule has 0 bridgehead atoms. The lowest BCUT2D eigenvalue weighted by Crippen LogP contribution is -2.34. The zero-order valence-corrected chi connectivity index (χ0v) is 11.8. The maximum absolute atomic E-state index is 12.5. The first-order chi connectivity index (χ1) is 9.39. The molecule has 6 heteroatoms. The van der Waals surface area contributed by atoms with Gasteiger partial charge in [0, 0.05) is 18.7 Å². The van der Waals surface area contributed by atoms with Crippen molar-refractivity contribution in [3.63, 3.8) is 0 Å². The SMILES string of the molecule is CCCN(Cc1ccc(OC)c(CN)c1)CC(F)(F)F. The Morgan fingerprint density at radius 1 is 1.30 bits per heavy atom. The van der Waals surface area contributed by atoms with E-state index in [0.717, 1.165) is 11.1 Å².